The summed E-state index contributed by atoms with van der Waals surface area (Å²) in [4.78, 5) is 18.9. The Morgan fingerprint density at radius 3 is 2.42 bits per heavy atom. The molecule has 0 amide bonds. The molecule has 0 N–H and O–H groups in total. The van der Waals surface area contributed by atoms with Crippen LogP contribution in [0.1, 0.15) is 68.7 Å². The highest BCUT2D eigenvalue weighted by Crippen LogP contribution is 2.31. The third kappa shape index (κ3) is 4.03. The summed E-state index contributed by atoms with van der Waals surface area (Å²) in [6, 6.07) is 0.440. The summed E-state index contributed by atoms with van der Waals surface area (Å²) in [6.45, 7) is 10.9. The van der Waals surface area contributed by atoms with Crippen LogP contribution in [0.3, 0.4) is 0 Å². The van der Waals surface area contributed by atoms with Gasteiger partial charge in [0.25, 0.3) is 0 Å². The highest BCUT2D eigenvalue weighted by molar-refractivity contribution is 7.17. The Hall–Kier alpha value is -0.900. The van der Waals surface area contributed by atoms with E-state index < -0.39 is 0 Å². The molecule has 1 heterocycles. The Morgan fingerprint density at radius 1 is 1.32 bits per heavy atom. The largest absolute Gasteiger partial charge is 0.348 e. The van der Waals surface area contributed by atoms with Gasteiger partial charge in [0.2, 0.25) is 0 Å². The van der Waals surface area contributed by atoms with Crippen molar-refractivity contribution in [3.05, 3.63) is 10.6 Å². The first-order valence-electron chi connectivity index (χ1n) is 7.09. The van der Waals surface area contributed by atoms with Crippen molar-refractivity contribution in [1.82, 2.24) is 4.98 Å². The van der Waals surface area contributed by atoms with Gasteiger partial charge in [0.05, 0.1) is 10.6 Å². The van der Waals surface area contributed by atoms with Crippen LogP contribution in [-0.2, 0) is 0 Å². The molecular weight excluding hydrogens is 256 g/mol. The molecule has 0 aliphatic rings. The van der Waals surface area contributed by atoms with Crippen LogP contribution < -0.4 is 4.90 Å². The average molecular weight is 282 g/mol. The minimum atomic E-state index is 0.346. The predicted octanol–water partition coefficient (Wildman–Crippen LogP) is 4.34. The molecule has 3 nitrogen and oxygen atoms in total. The number of carbonyl (C=O) groups excluding carboxylic acids is 1. The first-order valence-corrected chi connectivity index (χ1v) is 7.91. The lowest BCUT2D eigenvalue weighted by Gasteiger charge is -2.25. The maximum absolute atomic E-state index is 11.2. The molecule has 19 heavy (non-hydrogen) atoms. The summed E-state index contributed by atoms with van der Waals surface area (Å²) in [7, 11) is 2.07. The fourth-order valence-corrected chi connectivity index (χ4v) is 3.21. The molecule has 0 fully saturated rings. The third-order valence-electron chi connectivity index (χ3n) is 3.63. The van der Waals surface area contributed by atoms with Crippen molar-refractivity contribution in [2.24, 2.45) is 5.92 Å². The number of hydrogen-bond acceptors (Lipinski definition) is 4. The molecule has 0 spiro atoms. The first kappa shape index (κ1) is 16.2. The van der Waals surface area contributed by atoms with E-state index in [9.17, 15) is 4.79 Å². The average Bonchev–Trinajstić information content (AvgIpc) is 2.80. The number of carbonyl (C=O) groups is 1. The second-order valence-corrected chi connectivity index (χ2v) is 6.77. The topological polar surface area (TPSA) is 33.2 Å². The fraction of sp³-hybridized carbons (Fsp3) is 0.733. The van der Waals surface area contributed by atoms with Crippen LogP contribution in [0.15, 0.2) is 0 Å². The van der Waals surface area contributed by atoms with E-state index in [0.717, 1.165) is 34.8 Å². The first-order chi connectivity index (χ1) is 8.90. The molecule has 0 bridgehead atoms. The van der Waals surface area contributed by atoms with E-state index in [1.807, 2.05) is 0 Å². The second kappa shape index (κ2) is 7.04. The lowest BCUT2D eigenvalue weighted by Crippen LogP contribution is -2.29. The zero-order valence-corrected chi connectivity index (χ0v) is 13.8. The maximum Gasteiger partial charge on any atom is 0.186 e. The maximum atomic E-state index is 11.2. The Bertz CT molecular complexity index is 414. The van der Waals surface area contributed by atoms with Gasteiger partial charge in [-0.15, -0.1) is 0 Å². The van der Waals surface area contributed by atoms with Gasteiger partial charge in [0.15, 0.2) is 11.4 Å². The molecule has 1 aromatic rings. The summed E-state index contributed by atoms with van der Waals surface area (Å²) in [5.74, 6) is 1.01. The zero-order valence-electron chi connectivity index (χ0n) is 12.9. The molecule has 108 valence electrons. The molecule has 2 unspecified atom stereocenters. The quantitative estimate of drug-likeness (QED) is 0.697. The van der Waals surface area contributed by atoms with E-state index in [1.165, 1.54) is 11.3 Å². The van der Waals surface area contributed by atoms with Crippen molar-refractivity contribution in [1.29, 1.82) is 0 Å². The number of thiazole rings is 1. The monoisotopic (exact) mass is 282 g/mol. The number of nitrogens with zero attached hydrogens (tertiary/aromatic N) is 2. The van der Waals surface area contributed by atoms with E-state index in [1.54, 1.807) is 0 Å². The number of anilines is 1. The molecule has 0 saturated heterocycles. The van der Waals surface area contributed by atoms with E-state index >= 15 is 0 Å². The summed E-state index contributed by atoms with van der Waals surface area (Å²) in [5.41, 5.74) is 0.959. The van der Waals surface area contributed by atoms with Crippen LogP contribution in [0, 0.1) is 5.92 Å². The molecule has 2 atom stereocenters. The second-order valence-electron chi connectivity index (χ2n) is 5.76. The van der Waals surface area contributed by atoms with Crippen LogP contribution >= 0.6 is 11.3 Å². The number of rotatable bonds is 7. The van der Waals surface area contributed by atoms with E-state index in [-0.39, 0.29) is 0 Å². The van der Waals surface area contributed by atoms with Gasteiger partial charge in [-0.3, -0.25) is 4.79 Å². The van der Waals surface area contributed by atoms with Gasteiger partial charge in [0, 0.05) is 13.1 Å². The molecule has 0 saturated carbocycles. The summed E-state index contributed by atoms with van der Waals surface area (Å²) >= 11 is 1.51. The normalized spacial score (nSPS) is 14.5. The van der Waals surface area contributed by atoms with Crippen molar-refractivity contribution in [2.75, 3.05) is 11.9 Å². The SMILES string of the molecule is CCC(C)c1nc(N(C)C(C)CC(C)C)sc1C=O. The van der Waals surface area contributed by atoms with Gasteiger partial charge in [-0.05, 0) is 31.6 Å². The molecule has 0 aromatic carbocycles. The Labute approximate surface area is 121 Å². The highest BCUT2D eigenvalue weighted by Gasteiger charge is 2.20. The third-order valence-corrected chi connectivity index (χ3v) is 4.72. The van der Waals surface area contributed by atoms with Crippen molar-refractivity contribution in [3.8, 4) is 0 Å². The zero-order chi connectivity index (χ0) is 14.6. The van der Waals surface area contributed by atoms with Crippen LogP contribution in [0.25, 0.3) is 0 Å². The smallest absolute Gasteiger partial charge is 0.186 e. The van der Waals surface area contributed by atoms with Gasteiger partial charge in [-0.25, -0.2) is 4.98 Å². The summed E-state index contributed by atoms with van der Waals surface area (Å²) < 4.78 is 0. The molecule has 1 rings (SSSR count). The standard InChI is InChI=1S/C15H26N2OS/c1-7-11(4)14-13(9-18)19-15(16-14)17(6)12(5)8-10(2)3/h9-12H,7-8H2,1-6H3. The predicted molar refractivity (Wildman–Crippen MR) is 83.5 cm³/mol. The lowest BCUT2D eigenvalue weighted by atomic mass is 10.0. The van der Waals surface area contributed by atoms with Crippen molar-refractivity contribution in [3.63, 3.8) is 0 Å². The van der Waals surface area contributed by atoms with Gasteiger partial charge in [-0.2, -0.15) is 0 Å². The lowest BCUT2D eigenvalue weighted by molar-refractivity contribution is 0.112. The fourth-order valence-electron chi connectivity index (χ4n) is 2.14. The molecule has 0 radical (unpaired) electrons. The van der Waals surface area contributed by atoms with Crippen molar-refractivity contribution >= 4 is 22.8 Å². The molecule has 0 aliphatic carbocycles. The van der Waals surface area contributed by atoms with Crippen molar-refractivity contribution in [2.45, 2.75) is 59.4 Å². The number of hydrogen-bond donors (Lipinski definition) is 0. The summed E-state index contributed by atoms with van der Waals surface area (Å²) in [6.07, 6.45) is 3.09. The molecule has 4 heteroatoms. The van der Waals surface area contributed by atoms with Gasteiger partial charge < -0.3 is 4.90 Å². The molecule has 1 aromatic heterocycles. The molecular formula is C15H26N2OS. The van der Waals surface area contributed by atoms with Crippen molar-refractivity contribution < 1.29 is 4.79 Å². The minimum Gasteiger partial charge on any atom is -0.348 e. The van der Waals surface area contributed by atoms with E-state index in [2.05, 4.69) is 46.6 Å². The summed E-state index contributed by atoms with van der Waals surface area (Å²) in [5, 5.41) is 0.963. The van der Waals surface area contributed by atoms with E-state index in [4.69, 9.17) is 4.98 Å². The Morgan fingerprint density at radius 2 is 1.95 bits per heavy atom. The van der Waals surface area contributed by atoms with Crippen LogP contribution in [0.4, 0.5) is 5.13 Å². The van der Waals surface area contributed by atoms with Gasteiger partial charge >= 0.3 is 0 Å². The molecule has 0 aliphatic heterocycles. The highest BCUT2D eigenvalue weighted by atomic mass is 32.1. The Balaban J connectivity index is 2.95. The van der Waals surface area contributed by atoms with Crippen LogP contribution in [-0.4, -0.2) is 24.4 Å². The minimum absolute atomic E-state index is 0.346. The van der Waals surface area contributed by atoms with Crippen LogP contribution in [0.2, 0.25) is 0 Å². The van der Waals surface area contributed by atoms with E-state index in [0.29, 0.717) is 17.9 Å². The number of aldehydes is 1. The number of aromatic nitrogens is 1. The van der Waals surface area contributed by atoms with Crippen LogP contribution in [0.5, 0.6) is 0 Å². The van der Waals surface area contributed by atoms with Gasteiger partial charge in [0.1, 0.15) is 0 Å². The van der Waals surface area contributed by atoms with Gasteiger partial charge in [-0.1, -0.05) is 39.0 Å². The Kier molecular flexibility index (Phi) is 5.98.